The summed E-state index contributed by atoms with van der Waals surface area (Å²) in [5.41, 5.74) is 7.10. The van der Waals surface area contributed by atoms with E-state index in [1.165, 1.54) is 16.8 Å². The third-order valence-corrected chi connectivity index (χ3v) is 5.00. The van der Waals surface area contributed by atoms with E-state index in [0.29, 0.717) is 18.2 Å². The van der Waals surface area contributed by atoms with E-state index in [1.807, 2.05) is 0 Å². The quantitative estimate of drug-likeness (QED) is 0.696. The molecule has 1 N–H and O–H groups in total. The molecule has 23 heavy (non-hydrogen) atoms. The summed E-state index contributed by atoms with van der Waals surface area (Å²) in [5.74, 6) is 0. The maximum Gasteiger partial charge on any atom is 0.124 e. The van der Waals surface area contributed by atoms with E-state index in [2.05, 4.69) is 76.3 Å². The molecule has 1 saturated carbocycles. The number of ether oxygens (including phenoxy) is 1. The Morgan fingerprint density at radius 1 is 0.913 bits per heavy atom. The minimum atomic E-state index is 0.285. The Morgan fingerprint density at radius 2 is 1.52 bits per heavy atom. The fourth-order valence-electron chi connectivity index (χ4n) is 3.67. The third-order valence-electron chi connectivity index (χ3n) is 5.00. The summed E-state index contributed by atoms with van der Waals surface area (Å²) >= 11 is 0. The van der Waals surface area contributed by atoms with E-state index in [1.54, 1.807) is 0 Å². The van der Waals surface area contributed by atoms with Gasteiger partial charge in [0.15, 0.2) is 0 Å². The van der Waals surface area contributed by atoms with Crippen LogP contribution in [-0.4, -0.2) is 22.9 Å². The van der Waals surface area contributed by atoms with Gasteiger partial charge in [0.2, 0.25) is 0 Å². The topological polar surface area (TPSA) is 39.9 Å². The van der Waals surface area contributed by atoms with Gasteiger partial charge in [-0.25, -0.2) is 5.53 Å². The first-order chi connectivity index (χ1) is 11.4. The Kier molecular flexibility index (Phi) is 2.99. The second-order valence-corrected chi connectivity index (χ2v) is 6.46. The highest BCUT2D eigenvalue weighted by atomic mass is 16.6. The van der Waals surface area contributed by atoms with Gasteiger partial charge in [-0.05, 0) is 24.0 Å². The zero-order valence-electron chi connectivity index (χ0n) is 12.8. The second-order valence-electron chi connectivity index (χ2n) is 6.46. The summed E-state index contributed by atoms with van der Waals surface area (Å²) in [6.45, 7) is 0. The predicted octanol–water partition coefficient (Wildman–Crippen LogP) is 3.21. The first kappa shape index (κ1) is 13.3. The van der Waals surface area contributed by atoms with Crippen molar-refractivity contribution in [1.82, 2.24) is 10.5 Å². The molecule has 0 amide bonds. The molecule has 0 bridgehead atoms. The summed E-state index contributed by atoms with van der Waals surface area (Å²) in [6, 6.07) is 21.9. The normalized spacial score (nSPS) is 35.8. The number of nitrogens with zero attached hydrogens (tertiary/aromatic N) is 2. The standard InChI is InChI=1S/C19H19N3O/c1-3-7-13(8-4-1)17-18(14-9-5-2-6-10-14)22(17)21-20-15-11-12-16-19(15)23-16/h1-10,16-19,21H,11-12H2/b20-15+/t16?,17-,18-,19?/m0/s1. The van der Waals surface area contributed by atoms with E-state index in [4.69, 9.17) is 4.74 Å². The Morgan fingerprint density at radius 3 is 2.00 bits per heavy atom. The highest BCUT2D eigenvalue weighted by molar-refractivity contribution is 5.93. The minimum absolute atomic E-state index is 0.285. The number of rotatable bonds is 4. The van der Waals surface area contributed by atoms with Crippen molar-refractivity contribution in [3.05, 3.63) is 71.8 Å². The largest absolute Gasteiger partial charge is 0.363 e. The molecule has 2 aromatic carbocycles. The van der Waals surface area contributed by atoms with Crippen molar-refractivity contribution >= 4 is 5.71 Å². The molecule has 0 spiro atoms. The lowest BCUT2D eigenvalue weighted by Crippen LogP contribution is -2.19. The van der Waals surface area contributed by atoms with Gasteiger partial charge in [-0.2, -0.15) is 10.1 Å². The number of hydrogen-bond acceptors (Lipinski definition) is 4. The van der Waals surface area contributed by atoms with Crippen LogP contribution in [0.2, 0.25) is 0 Å². The van der Waals surface area contributed by atoms with Crippen LogP contribution in [0.25, 0.3) is 0 Å². The lowest BCUT2D eigenvalue weighted by molar-refractivity contribution is 0.350. The van der Waals surface area contributed by atoms with Gasteiger partial charge in [-0.1, -0.05) is 60.7 Å². The molecule has 4 atom stereocenters. The molecular formula is C19H19N3O. The van der Waals surface area contributed by atoms with E-state index in [0.717, 1.165) is 12.8 Å². The lowest BCUT2D eigenvalue weighted by atomic mass is 10.0. The van der Waals surface area contributed by atoms with Crippen molar-refractivity contribution in [1.29, 1.82) is 0 Å². The van der Waals surface area contributed by atoms with Crippen molar-refractivity contribution in [2.45, 2.75) is 37.1 Å². The lowest BCUT2D eigenvalue weighted by Gasteiger charge is -2.05. The van der Waals surface area contributed by atoms with E-state index in [9.17, 15) is 0 Å². The molecule has 3 aliphatic rings. The van der Waals surface area contributed by atoms with Crippen molar-refractivity contribution < 1.29 is 4.74 Å². The smallest absolute Gasteiger partial charge is 0.124 e. The molecule has 1 aliphatic carbocycles. The highest BCUT2D eigenvalue weighted by Crippen LogP contribution is 2.52. The number of nitrogens with one attached hydrogen (secondary N) is 1. The zero-order chi connectivity index (χ0) is 15.2. The molecular weight excluding hydrogens is 286 g/mol. The van der Waals surface area contributed by atoms with Crippen LogP contribution in [0, 0.1) is 0 Å². The number of fused-ring (bicyclic) bond motifs is 1. The van der Waals surface area contributed by atoms with Gasteiger partial charge < -0.3 is 4.74 Å². The van der Waals surface area contributed by atoms with Crippen molar-refractivity contribution in [2.75, 3.05) is 0 Å². The first-order valence-corrected chi connectivity index (χ1v) is 8.27. The Hall–Kier alpha value is -2.17. The molecule has 2 aliphatic heterocycles. The summed E-state index contributed by atoms with van der Waals surface area (Å²) in [4.78, 5) is 0. The number of hydrogen-bond donors (Lipinski definition) is 1. The van der Waals surface area contributed by atoms with Gasteiger partial charge in [-0.3, -0.25) is 0 Å². The van der Waals surface area contributed by atoms with Crippen LogP contribution in [0.1, 0.15) is 36.1 Å². The van der Waals surface area contributed by atoms with Gasteiger partial charge >= 0.3 is 0 Å². The van der Waals surface area contributed by atoms with Gasteiger partial charge in [0.25, 0.3) is 0 Å². The van der Waals surface area contributed by atoms with Crippen molar-refractivity contribution in [3.63, 3.8) is 0 Å². The molecule has 0 radical (unpaired) electrons. The molecule has 4 nitrogen and oxygen atoms in total. The van der Waals surface area contributed by atoms with Crippen LogP contribution >= 0.6 is 0 Å². The van der Waals surface area contributed by atoms with Gasteiger partial charge in [0, 0.05) is 0 Å². The molecule has 0 aromatic heterocycles. The van der Waals surface area contributed by atoms with E-state index < -0.39 is 0 Å². The second kappa shape index (κ2) is 5.18. The molecule has 2 heterocycles. The maximum absolute atomic E-state index is 5.55. The van der Waals surface area contributed by atoms with Gasteiger partial charge in [0.05, 0.1) is 23.9 Å². The van der Waals surface area contributed by atoms with Crippen LogP contribution in [0.5, 0.6) is 0 Å². The van der Waals surface area contributed by atoms with Crippen LogP contribution in [-0.2, 0) is 4.74 Å². The van der Waals surface area contributed by atoms with Gasteiger partial charge in [0.1, 0.15) is 6.10 Å². The molecule has 4 heteroatoms. The SMILES string of the molecule is c1ccc([C@H]2[C@H](c3ccccc3)N2N/N=C2\CCC3OC23)cc1. The van der Waals surface area contributed by atoms with E-state index >= 15 is 0 Å². The van der Waals surface area contributed by atoms with Crippen LogP contribution in [0.3, 0.4) is 0 Å². The molecule has 3 fully saturated rings. The molecule has 2 unspecified atom stereocenters. The third kappa shape index (κ3) is 2.35. The Bertz CT molecular complexity index is 685. The van der Waals surface area contributed by atoms with Crippen LogP contribution in [0.15, 0.2) is 65.8 Å². The van der Waals surface area contributed by atoms with Crippen molar-refractivity contribution in [2.24, 2.45) is 5.10 Å². The van der Waals surface area contributed by atoms with Gasteiger partial charge in [-0.15, -0.1) is 0 Å². The van der Waals surface area contributed by atoms with Crippen LogP contribution < -0.4 is 5.53 Å². The number of epoxide rings is 1. The monoisotopic (exact) mass is 305 g/mol. The zero-order valence-corrected chi connectivity index (χ0v) is 12.8. The molecule has 2 aromatic rings. The predicted molar refractivity (Wildman–Crippen MR) is 88.7 cm³/mol. The average molecular weight is 305 g/mol. The number of hydrazone groups is 1. The fourth-order valence-corrected chi connectivity index (χ4v) is 3.67. The number of hydrazine groups is 1. The molecule has 5 rings (SSSR count). The Balaban J connectivity index is 1.39. The summed E-state index contributed by atoms with van der Waals surface area (Å²) in [5, 5.41) is 6.86. The Labute approximate surface area is 135 Å². The van der Waals surface area contributed by atoms with Crippen LogP contribution in [0.4, 0.5) is 0 Å². The summed E-state index contributed by atoms with van der Waals surface area (Å²) in [7, 11) is 0. The number of benzene rings is 2. The fraction of sp³-hybridized carbons (Fsp3) is 0.316. The summed E-state index contributed by atoms with van der Waals surface area (Å²) < 4.78 is 5.55. The average Bonchev–Trinajstić information content (AvgIpc) is 3.51. The van der Waals surface area contributed by atoms with Crippen molar-refractivity contribution in [3.8, 4) is 0 Å². The minimum Gasteiger partial charge on any atom is -0.363 e. The maximum atomic E-state index is 5.55. The van der Waals surface area contributed by atoms with E-state index in [-0.39, 0.29) is 6.10 Å². The first-order valence-electron chi connectivity index (χ1n) is 8.27. The molecule has 2 saturated heterocycles. The summed E-state index contributed by atoms with van der Waals surface area (Å²) in [6.07, 6.45) is 2.91. The highest BCUT2D eigenvalue weighted by Gasteiger charge is 2.51. The molecule has 116 valence electrons.